The van der Waals surface area contributed by atoms with E-state index in [2.05, 4.69) is 0 Å². The molecule has 0 fully saturated rings. The number of hydrogen-bond donors (Lipinski definition) is 1. The summed E-state index contributed by atoms with van der Waals surface area (Å²) >= 11 is 0. The summed E-state index contributed by atoms with van der Waals surface area (Å²) in [5, 5.41) is 8.41. The number of carbonyl (C=O) groups is 2. The van der Waals surface area contributed by atoms with Crippen LogP contribution in [0.5, 0.6) is 0 Å². The Balaban J connectivity index is 2.61. The predicted molar refractivity (Wildman–Crippen MR) is 42.6 cm³/mol. The van der Waals surface area contributed by atoms with E-state index >= 15 is 0 Å². The number of amides is 1. The highest BCUT2D eigenvalue weighted by atomic mass is 16.4. The maximum Gasteiger partial charge on any atom is 0.394 e. The van der Waals surface area contributed by atoms with Crippen molar-refractivity contribution in [2.75, 3.05) is 13.1 Å². The Hall–Kier alpha value is -1.32. The second-order valence-corrected chi connectivity index (χ2v) is 2.87. The molecule has 0 aromatic carbocycles. The zero-order valence-corrected chi connectivity index (χ0v) is 6.91. The van der Waals surface area contributed by atoms with E-state index in [9.17, 15) is 9.59 Å². The molecule has 1 aliphatic heterocycles. The first-order valence-corrected chi connectivity index (χ1v) is 3.79. The van der Waals surface area contributed by atoms with Gasteiger partial charge in [-0.25, -0.2) is 4.79 Å². The van der Waals surface area contributed by atoms with Crippen molar-refractivity contribution in [3.8, 4) is 0 Å². The van der Waals surface area contributed by atoms with Crippen LogP contribution in [0.3, 0.4) is 0 Å². The van der Waals surface area contributed by atoms with E-state index in [-0.39, 0.29) is 0 Å². The third-order valence-corrected chi connectivity index (χ3v) is 1.80. The van der Waals surface area contributed by atoms with Gasteiger partial charge in [0.05, 0.1) is 0 Å². The van der Waals surface area contributed by atoms with Gasteiger partial charge < -0.3 is 10.0 Å². The summed E-state index contributed by atoms with van der Waals surface area (Å²) in [5.41, 5.74) is 1.05. The number of carboxylic acid groups (broad SMARTS) is 1. The average molecular weight is 169 g/mol. The lowest BCUT2D eigenvalue weighted by Gasteiger charge is -2.24. The maximum absolute atomic E-state index is 10.9. The molecule has 0 spiro atoms. The third kappa shape index (κ3) is 1.84. The molecule has 1 heterocycles. The summed E-state index contributed by atoms with van der Waals surface area (Å²) in [4.78, 5) is 22.6. The molecule has 1 N–H and O–H groups in total. The van der Waals surface area contributed by atoms with Crippen LogP contribution in [0, 0.1) is 0 Å². The molecule has 0 radical (unpaired) electrons. The Labute approximate surface area is 70.5 Å². The van der Waals surface area contributed by atoms with Gasteiger partial charge in [-0.1, -0.05) is 11.6 Å². The van der Waals surface area contributed by atoms with E-state index in [4.69, 9.17) is 5.11 Å². The van der Waals surface area contributed by atoms with Crippen molar-refractivity contribution in [2.24, 2.45) is 0 Å². The van der Waals surface area contributed by atoms with Crippen LogP contribution in [0.15, 0.2) is 11.6 Å². The minimum atomic E-state index is -1.37. The summed E-state index contributed by atoms with van der Waals surface area (Å²) in [7, 11) is 0. The van der Waals surface area contributed by atoms with Crippen molar-refractivity contribution in [1.82, 2.24) is 4.90 Å². The van der Waals surface area contributed by atoms with Crippen LogP contribution in [0.1, 0.15) is 13.3 Å². The van der Waals surface area contributed by atoms with Crippen LogP contribution >= 0.6 is 0 Å². The molecule has 0 bridgehead atoms. The minimum absolute atomic E-state index is 0.450. The van der Waals surface area contributed by atoms with E-state index in [1.165, 1.54) is 4.90 Å². The van der Waals surface area contributed by atoms with E-state index in [0.717, 1.165) is 12.0 Å². The molecule has 12 heavy (non-hydrogen) atoms. The average Bonchev–Trinajstić information content (AvgIpc) is 2.03. The van der Waals surface area contributed by atoms with Gasteiger partial charge in [0, 0.05) is 13.1 Å². The topological polar surface area (TPSA) is 57.6 Å². The molecule has 0 saturated heterocycles. The van der Waals surface area contributed by atoms with Gasteiger partial charge in [0.1, 0.15) is 0 Å². The monoisotopic (exact) mass is 169 g/mol. The summed E-state index contributed by atoms with van der Waals surface area (Å²) < 4.78 is 0. The van der Waals surface area contributed by atoms with Crippen molar-refractivity contribution in [1.29, 1.82) is 0 Å². The second kappa shape index (κ2) is 3.38. The van der Waals surface area contributed by atoms with Crippen molar-refractivity contribution in [3.05, 3.63) is 11.6 Å². The lowest BCUT2D eigenvalue weighted by molar-refractivity contribution is -0.155. The van der Waals surface area contributed by atoms with Crippen LogP contribution in [0.4, 0.5) is 0 Å². The molecule has 66 valence electrons. The molecule has 0 saturated carbocycles. The number of aliphatic carboxylic acids is 1. The van der Waals surface area contributed by atoms with Gasteiger partial charge in [-0.3, -0.25) is 4.79 Å². The standard InChI is InChI=1S/C8H11NO3/c1-6-3-2-4-9(5-6)7(10)8(11)12/h3H,2,4-5H2,1H3,(H,11,12). The molecule has 4 heteroatoms. The second-order valence-electron chi connectivity index (χ2n) is 2.87. The fraction of sp³-hybridized carbons (Fsp3) is 0.500. The van der Waals surface area contributed by atoms with Gasteiger partial charge in [-0.2, -0.15) is 0 Å². The van der Waals surface area contributed by atoms with E-state index < -0.39 is 11.9 Å². The van der Waals surface area contributed by atoms with E-state index in [1.807, 2.05) is 13.0 Å². The van der Waals surface area contributed by atoms with Gasteiger partial charge in [0.25, 0.3) is 0 Å². The van der Waals surface area contributed by atoms with Crippen molar-refractivity contribution >= 4 is 11.9 Å². The van der Waals surface area contributed by atoms with E-state index in [1.54, 1.807) is 0 Å². The Kier molecular flexibility index (Phi) is 2.47. The normalized spacial score (nSPS) is 17.1. The number of rotatable bonds is 0. The lowest BCUT2D eigenvalue weighted by atomic mass is 10.1. The highest BCUT2D eigenvalue weighted by molar-refractivity contribution is 6.31. The zero-order chi connectivity index (χ0) is 9.14. The first-order chi connectivity index (χ1) is 5.61. The molecule has 4 nitrogen and oxygen atoms in total. The maximum atomic E-state index is 10.9. The van der Waals surface area contributed by atoms with Gasteiger partial charge >= 0.3 is 11.9 Å². The quantitative estimate of drug-likeness (QED) is 0.417. The zero-order valence-electron chi connectivity index (χ0n) is 6.91. The van der Waals surface area contributed by atoms with Crippen LogP contribution in [0.25, 0.3) is 0 Å². The molecule has 0 aromatic heterocycles. The number of carboxylic acids is 1. The molecule has 0 atom stereocenters. The van der Waals surface area contributed by atoms with E-state index in [0.29, 0.717) is 13.1 Å². The number of hydrogen-bond acceptors (Lipinski definition) is 2. The summed E-state index contributed by atoms with van der Waals surface area (Å²) in [5.74, 6) is -2.17. The van der Waals surface area contributed by atoms with Crippen molar-refractivity contribution in [3.63, 3.8) is 0 Å². The number of carbonyl (C=O) groups excluding carboxylic acids is 1. The molecule has 0 aromatic rings. The summed E-state index contributed by atoms with van der Waals surface area (Å²) in [6.45, 7) is 2.86. The molecule has 1 amide bonds. The number of nitrogens with zero attached hydrogens (tertiary/aromatic N) is 1. The van der Waals surface area contributed by atoms with Crippen molar-refractivity contribution < 1.29 is 14.7 Å². The highest BCUT2D eigenvalue weighted by Gasteiger charge is 2.21. The van der Waals surface area contributed by atoms with Crippen LogP contribution in [-0.4, -0.2) is 35.0 Å². The van der Waals surface area contributed by atoms with Crippen LogP contribution in [0.2, 0.25) is 0 Å². The smallest absolute Gasteiger partial charge is 0.394 e. The first-order valence-electron chi connectivity index (χ1n) is 3.79. The Morgan fingerprint density at radius 1 is 1.58 bits per heavy atom. The predicted octanol–water partition coefficient (Wildman–Crippen LogP) is 0.250. The third-order valence-electron chi connectivity index (χ3n) is 1.80. The lowest BCUT2D eigenvalue weighted by Crippen LogP contribution is -2.39. The molecular weight excluding hydrogens is 158 g/mol. The van der Waals surface area contributed by atoms with Crippen LogP contribution < -0.4 is 0 Å². The molecule has 0 unspecified atom stereocenters. The molecular formula is C8H11NO3. The SMILES string of the molecule is CC1=CCCN(C(=O)C(=O)O)C1. The summed E-state index contributed by atoms with van der Waals surface area (Å²) in [6, 6.07) is 0. The fourth-order valence-corrected chi connectivity index (χ4v) is 1.22. The van der Waals surface area contributed by atoms with Gasteiger partial charge in [-0.05, 0) is 13.3 Å². The van der Waals surface area contributed by atoms with Crippen molar-refractivity contribution in [2.45, 2.75) is 13.3 Å². The Morgan fingerprint density at radius 2 is 2.25 bits per heavy atom. The highest BCUT2D eigenvalue weighted by Crippen LogP contribution is 2.08. The molecule has 0 aliphatic carbocycles. The summed E-state index contributed by atoms with van der Waals surface area (Å²) in [6.07, 6.45) is 2.77. The van der Waals surface area contributed by atoms with Gasteiger partial charge in [0.15, 0.2) is 0 Å². The van der Waals surface area contributed by atoms with Crippen LogP contribution in [-0.2, 0) is 9.59 Å². The van der Waals surface area contributed by atoms with Gasteiger partial charge in [-0.15, -0.1) is 0 Å². The van der Waals surface area contributed by atoms with Gasteiger partial charge in [0.2, 0.25) is 0 Å². The Bertz CT molecular complexity index is 245. The largest absolute Gasteiger partial charge is 0.474 e. The molecule has 1 aliphatic rings. The minimum Gasteiger partial charge on any atom is -0.474 e. The fourth-order valence-electron chi connectivity index (χ4n) is 1.22. The Morgan fingerprint density at radius 3 is 2.75 bits per heavy atom. The first kappa shape index (κ1) is 8.77. The molecule has 1 rings (SSSR count).